The van der Waals surface area contributed by atoms with Crippen molar-refractivity contribution in [2.24, 2.45) is 0 Å². The number of pyridine rings is 1. The summed E-state index contributed by atoms with van der Waals surface area (Å²) in [5, 5.41) is 8.62. The van der Waals surface area contributed by atoms with Crippen molar-refractivity contribution < 1.29 is 0 Å². The van der Waals surface area contributed by atoms with Crippen LogP contribution in [-0.4, -0.2) is 4.98 Å². The van der Waals surface area contributed by atoms with Gasteiger partial charge >= 0.3 is 0 Å². The van der Waals surface area contributed by atoms with Crippen molar-refractivity contribution in [2.75, 3.05) is 0 Å². The van der Waals surface area contributed by atoms with E-state index in [0.29, 0.717) is 5.69 Å². The average Bonchev–Trinajstić information content (AvgIpc) is 2.03. The molecule has 0 aliphatic rings. The molecule has 2 heteroatoms. The summed E-state index contributed by atoms with van der Waals surface area (Å²) in [5.74, 6) is 0. The monoisotopic (exact) mass is 160 g/mol. The average molecular weight is 160 g/mol. The minimum absolute atomic E-state index is 0.0918. The Morgan fingerprint density at radius 1 is 1.42 bits per heavy atom. The van der Waals surface area contributed by atoms with Crippen LogP contribution in [0.1, 0.15) is 32.0 Å². The lowest BCUT2D eigenvalue weighted by molar-refractivity contribution is 0.589. The Hall–Kier alpha value is -1.36. The second-order valence-electron chi connectivity index (χ2n) is 3.79. The van der Waals surface area contributed by atoms with Gasteiger partial charge in [-0.25, -0.2) is 4.98 Å². The van der Waals surface area contributed by atoms with Crippen molar-refractivity contribution in [3.05, 3.63) is 29.6 Å². The van der Waals surface area contributed by atoms with Crippen LogP contribution in [0.3, 0.4) is 0 Å². The highest BCUT2D eigenvalue weighted by molar-refractivity contribution is 5.29. The largest absolute Gasteiger partial charge is 0.246 e. The molecule has 1 heterocycles. The normalized spacial score (nSPS) is 10.8. The molecular formula is C10H12N2. The van der Waals surface area contributed by atoms with E-state index in [1.807, 2.05) is 18.2 Å². The molecule has 0 N–H and O–H groups in total. The first-order valence-corrected chi connectivity index (χ1v) is 3.90. The molecule has 0 saturated carbocycles. The third-order valence-electron chi connectivity index (χ3n) is 1.74. The Balaban J connectivity index is 3.13. The van der Waals surface area contributed by atoms with E-state index < -0.39 is 0 Å². The topological polar surface area (TPSA) is 36.7 Å². The highest BCUT2D eigenvalue weighted by Gasteiger charge is 2.13. The van der Waals surface area contributed by atoms with Gasteiger partial charge in [0.25, 0.3) is 0 Å². The fourth-order valence-electron chi connectivity index (χ4n) is 0.958. The van der Waals surface area contributed by atoms with Gasteiger partial charge in [0.15, 0.2) is 0 Å². The van der Waals surface area contributed by atoms with Gasteiger partial charge in [0.2, 0.25) is 0 Å². The lowest BCUT2D eigenvalue weighted by Crippen LogP contribution is -2.11. The predicted octanol–water partition coefficient (Wildman–Crippen LogP) is 2.25. The van der Waals surface area contributed by atoms with E-state index in [0.717, 1.165) is 5.56 Å². The molecule has 62 valence electrons. The molecule has 0 aliphatic carbocycles. The van der Waals surface area contributed by atoms with Crippen molar-refractivity contribution in [1.82, 2.24) is 4.98 Å². The van der Waals surface area contributed by atoms with Gasteiger partial charge in [-0.05, 0) is 23.1 Å². The van der Waals surface area contributed by atoms with Gasteiger partial charge in [0.1, 0.15) is 11.8 Å². The van der Waals surface area contributed by atoms with Crippen LogP contribution >= 0.6 is 0 Å². The number of hydrogen-bond acceptors (Lipinski definition) is 2. The maximum absolute atomic E-state index is 8.62. The summed E-state index contributed by atoms with van der Waals surface area (Å²) in [6, 6.07) is 5.81. The lowest BCUT2D eigenvalue weighted by atomic mass is 9.87. The molecule has 0 unspecified atom stereocenters. The molecule has 0 aromatic carbocycles. The van der Waals surface area contributed by atoms with Crippen LogP contribution in [0.2, 0.25) is 0 Å². The van der Waals surface area contributed by atoms with Crippen LogP contribution in [-0.2, 0) is 5.41 Å². The maximum atomic E-state index is 8.62. The summed E-state index contributed by atoms with van der Waals surface area (Å²) in [5.41, 5.74) is 1.73. The van der Waals surface area contributed by atoms with E-state index in [1.165, 1.54) is 0 Å². The van der Waals surface area contributed by atoms with E-state index in [2.05, 4.69) is 25.8 Å². The van der Waals surface area contributed by atoms with Crippen molar-refractivity contribution in [3.63, 3.8) is 0 Å². The van der Waals surface area contributed by atoms with Crippen LogP contribution in [0.4, 0.5) is 0 Å². The zero-order valence-corrected chi connectivity index (χ0v) is 7.63. The summed E-state index contributed by atoms with van der Waals surface area (Å²) >= 11 is 0. The molecule has 0 aliphatic heterocycles. The maximum Gasteiger partial charge on any atom is 0.140 e. The number of aromatic nitrogens is 1. The third kappa shape index (κ3) is 1.82. The second kappa shape index (κ2) is 2.94. The van der Waals surface area contributed by atoms with E-state index in [1.54, 1.807) is 6.20 Å². The zero-order valence-electron chi connectivity index (χ0n) is 7.63. The minimum atomic E-state index is 0.0918. The first-order valence-electron chi connectivity index (χ1n) is 3.90. The Bertz CT molecular complexity index is 315. The molecule has 1 rings (SSSR count). The molecule has 0 fully saturated rings. The summed E-state index contributed by atoms with van der Waals surface area (Å²) in [6.07, 6.45) is 1.68. The Morgan fingerprint density at radius 3 is 2.58 bits per heavy atom. The number of rotatable bonds is 0. The molecule has 2 nitrogen and oxygen atoms in total. The molecule has 0 spiro atoms. The van der Waals surface area contributed by atoms with E-state index in [9.17, 15) is 0 Å². The first kappa shape index (κ1) is 8.73. The van der Waals surface area contributed by atoms with Crippen LogP contribution < -0.4 is 0 Å². The number of nitrogens with zero attached hydrogens (tertiary/aromatic N) is 2. The van der Waals surface area contributed by atoms with Crippen molar-refractivity contribution in [1.29, 1.82) is 5.26 Å². The molecule has 0 amide bonds. The van der Waals surface area contributed by atoms with Crippen LogP contribution in [0.5, 0.6) is 0 Å². The van der Waals surface area contributed by atoms with Crippen LogP contribution in [0.25, 0.3) is 0 Å². The van der Waals surface area contributed by atoms with Gasteiger partial charge in [-0.2, -0.15) is 5.26 Å². The molecule has 1 aromatic heterocycles. The van der Waals surface area contributed by atoms with E-state index in [4.69, 9.17) is 5.26 Å². The van der Waals surface area contributed by atoms with Crippen LogP contribution in [0.15, 0.2) is 18.3 Å². The van der Waals surface area contributed by atoms with Crippen LogP contribution in [0, 0.1) is 11.3 Å². The van der Waals surface area contributed by atoms with Crippen molar-refractivity contribution in [2.45, 2.75) is 26.2 Å². The molecule has 12 heavy (non-hydrogen) atoms. The van der Waals surface area contributed by atoms with Gasteiger partial charge in [-0.3, -0.25) is 0 Å². The molecule has 0 saturated heterocycles. The lowest BCUT2D eigenvalue weighted by Gasteiger charge is -2.18. The SMILES string of the molecule is CC(C)(C)c1ccnc(C#N)c1. The third-order valence-corrected chi connectivity index (χ3v) is 1.74. The van der Waals surface area contributed by atoms with Crippen molar-refractivity contribution in [3.8, 4) is 6.07 Å². The van der Waals surface area contributed by atoms with Gasteiger partial charge < -0.3 is 0 Å². The van der Waals surface area contributed by atoms with Gasteiger partial charge in [0, 0.05) is 6.20 Å². The second-order valence-corrected chi connectivity index (χ2v) is 3.79. The Morgan fingerprint density at radius 2 is 2.08 bits per heavy atom. The molecular weight excluding hydrogens is 148 g/mol. The van der Waals surface area contributed by atoms with Gasteiger partial charge in [-0.1, -0.05) is 20.8 Å². The molecule has 0 atom stereocenters. The highest BCUT2D eigenvalue weighted by atomic mass is 14.7. The summed E-state index contributed by atoms with van der Waals surface area (Å²) in [4.78, 5) is 3.91. The number of nitriles is 1. The fraction of sp³-hybridized carbons (Fsp3) is 0.400. The summed E-state index contributed by atoms with van der Waals surface area (Å²) < 4.78 is 0. The van der Waals surface area contributed by atoms with E-state index in [-0.39, 0.29) is 5.41 Å². The molecule has 0 radical (unpaired) electrons. The Labute approximate surface area is 72.9 Å². The summed E-state index contributed by atoms with van der Waals surface area (Å²) in [7, 11) is 0. The van der Waals surface area contributed by atoms with Gasteiger partial charge in [-0.15, -0.1) is 0 Å². The van der Waals surface area contributed by atoms with Crippen molar-refractivity contribution >= 4 is 0 Å². The fourth-order valence-corrected chi connectivity index (χ4v) is 0.958. The molecule has 1 aromatic rings. The minimum Gasteiger partial charge on any atom is -0.246 e. The highest BCUT2D eigenvalue weighted by Crippen LogP contribution is 2.21. The van der Waals surface area contributed by atoms with Gasteiger partial charge in [0.05, 0.1) is 0 Å². The standard InChI is InChI=1S/C10H12N2/c1-10(2,3)8-4-5-12-9(6-8)7-11/h4-6H,1-3H3. The quantitative estimate of drug-likeness (QED) is 0.583. The number of hydrogen-bond donors (Lipinski definition) is 0. The Kier molecular flexibility index (Phi) is 2.14. The summed E-state index contributed by atoms with van der Waals surface area (Å²) in [6.45, 7) is 6.34. The zero-order chi connectivity index (χ0) is 9.19. The smallest absolute Gasteiger partial charge is 0.140 e. The predicted molar refractivity (Wildman–Crippen MR) is 47.7 cm³/mol. The van der Waals surface area contributed by atoms with E-state index >= 15 is 0 Å². The molecule has 0 bridgehead atoms. The first-order chi connectivity index (χ1) is 5.54.